The van der Waals surface area contributed by atoms with Gasteiger partial charge >= 0.3 is 0 Å². The monoisotopic (exact) mass is 229 g/mol. The third-order valence-electron chi connectivity index (χ3n) is 3.08. The summed E-state index contributed by atoms with van der Waals surface area (Å²) >= 11 is 0. The minimum absolute atomic E-state index is 0.287. The highest BCUT2D eigenvalue weighted by molar-refractivity contribution is 4.70. The third-order valence-corrected chi connectivity index (χ3v) is 3.08. The van der Waals surface area contributed by atoms with Gasteiger partial charge in [-0.05, 0) is 19.5 Å². The minimum atomic E-state index is 0.287. The lowest BCUT2D eigenvalue weighted by Crippen LogP contribution is -2.37. The maximum absolute atomic E-state index is 8.91. The summed E-state index contributed by atoms with van der Waals surface area (Å²) in [4.78, 5) is 4.88. The van der Waals surface area contributed by atoms with Crippen LogP contribution < -0.4 is 5.32 Å². The molecule has 0 atom stereocenters. The van der Waals surface area contributed by atoms with Crippen LogP contribution in [0.2, 0.25) is 0 Å². The molecular formula is C12H27N3O. The molecule has 1 aliphatic rings. The van der Waals surface area contributed by atoms with E-state index >= 15 is 0 Å². The fourth-order valence-electron chi connectivity index (χ4n) is 2.12. The molecule has 0 unspecified atom stereocenters. The van der Waals surface area contributed by atoms with E-state index in [0.717, 1.165) is 39.3 Å². The van der Waals surface area contributed by atoms with Crippen molar-refractivity contribution >= 4 is 0 Å². The number of aliphatic hydroxyl groups excluding tert-OH is 1. The molecule has 0 amide bonds. The van der Waals surface area contributed by atoms with Gasteiger partial charge in [-0.15, -0.1) is 0 Å². The Morgan fingerprint density at radius 3 is 2.25 bits per heavy atom. The van der Waals surface area contributed by atoms with Crippen molar-refractivity contribution in [1.82, 2.24) is 15.1 Å². The molecule has 0 saturated carbocycles. The standard InChI is InChI=1S/C12H27N3O/c1-12(2)13-4-7-14-5-3-6-15(9-8-14)10-11-16/h12-13,16H,3-11H2,1-2H3. The SMILES string of the molecule is CC(C)NCCN1CCCN(CCO)CC1. The third kappa shape index (κ3) is 5.80. The molecule has 1 fully saturated rings. The van der Waals surface area contributed by atoms with Crippen LogP contribution in [0.1, 0.15) is 20.3 Å². The first-order valence-corrected chi connectivity index (χ1v) is 6.51. The second-order valence-electron chi connectivity index (χ2n) is 4.87. The molecule has 1 heterocycles. The average molecular weight is 229 g/mol. The van der Waals surface area contributed by atoms with Crippen molar-refractivity contribution in [2.75, 3.05) is 52.4 Å². The quantitative estimate of drug-likeness (QED) is 0.672. The highest BCUT2D eigenvalue weighted by atomic mass is 16.3. The van der Waals surface area contributed by atoms with Gasteiger partial charge in [0.05, 0.1) is 6.61 Å². The fourth-order valence-corrected chi connectivity index (χ4v) is 2.12. The van der Waals surface area contributed by atoms with E-state index in [-0.39, 0.29) is 6.61 Å². The molecule has 1 saturated heterocycles. The summed E-state index contributed by atoms with van der Waals surface area (Å²) in [7, 11) is 0. The van der Waals surface area contributed by atoms with Gasteiger partial charge in [0.25, 0.3) is 0 Å². The van der Waals surface area contributed by atoms with Crippen LogP contribution in [0, 0.1) is 0 Å². The van der Waals surface area contributed by atoms with E-state index < -0.39 is 0 Å². The van der Waals surface area contributed by atoms with Crippen LogP contribution in [0.15, 0.2) is 0 Å². The second-order valence-corrected chi connectivity index (χ2v) is 4.87. The molecule has 0 aromatic rings. The van der Waals surface area contributed by atoms with E-state index in [9.17, 15) is 0 Å². The zero-order chi connectivity index (χ0) is 11.8. The summed E-state index contributed by atoms with van der Waals surface area (Å²) in [5, 5.41) is 12.4. The molecule has 2 N–H and O–H groups in total. The molecule has 0 bridgehead atoms. The Morgan fingerprint density at radius 2 is 1.69 bits per heavy atom. The van der Waals surface area contributed by atoms with Gasteiger partial charge in [-0.1, -0.05) is 13.8 Å². The number of aliphatic hydroxyl groups is 1. The number of nitrogens with one attached hydrogen (secondary N) is 1. The number of rotatable bonds is 6. The van der Waals surface area contributed by atoms with Gasteiger partial charge in [-0.2, -0.15) is 0 Å². The zero-order valence-corrected chi connectivity index (χ0v) is 10.8. The molecule has 0 aromatic heterocycles. The van der Waals surface area contributed by atoms with Gasteiger partial charge in [0.1, 0.15) is 0 Å². The Balaban J connectivity index is 2.14. The van der Waals surface area contributed by atoms with Crippen molar-refractivity contribution in [3.05, 3.63) is 0 Å². The summed E-state index contributed by atoms with van der Waals surface area (Å²) < 4.78 is 0. The molecule has 0 aromatic carbocycles. The number of hydrogen-bond acceptors (Lipinski definition) is 4. The predicted molar refractivity (Wildman–Crippen MR) is 67.7 cm³/mol. The van der Waals surface area contributed by atoms with E-state index in [2.05, 4.69) is 29.0 Å². The van der Waals surface area contributed by atoms with E-state index in [1.807, 2.05) is 0 Å². The molecule has 4 heteroatoms. The van der Waals surface area contributed by atoms with Crippen LogP contribution in [0.4, 0.5) is 0 Å². The van der Waals surface area contributed by atoms with Crippen LogP contribution >= 0.6 is 0 Å². The van der Waals surface area contributed by atoms with Crippen LogP contribution in [0.3, 0.4) is 0 Å². The van der Waals surface area contributed by atoms with Crippen LogP contribution in [-0.2, 0) is 0 Å². The van der Waals surface area contributed by atoms with Crippen molar-refractivity contribution in [3.8, 4) is 0 Å². The van der Waals surface area contributed by atoms with Crippen molar-refractivity contribution in [1.29, 1.82) is 0 Å². The second kappa shape index (κ2) is 8.01. The van der Waals surface area contributed by atoms with E-state index in [1.54, 1.807) is 0 Å². The molecule has 1 rings (SSSR count). The van der Waals surface area contributed by atoms with E-state index in [1.165, 1.54) is 13.0 Å². The molecule has 0 spiro atoms. The lowest BCUT2D eigenvalue weighted by Gasteiger charge is -2.21. The largest absolute Gasteiger partial charge is 0.395 e. The number of hydrogen-bond donors (Lipinski definition) is 2. The number of nitrogens with zero attached hydrogens (tertiary/aromatic N) is 2. The van der Waals surface area contributed by atoms with Crippen molar-refractivity contribution in [2.24, 2.45) is 0 Å². The fraction of sp³-hybridized carbons (Fsp3) is 1.00. The molecule has 96 valence electrons. The summed E-state index contributed by atoms with van der Waals surface area (Å²) in [6, 6.07) is 0.581. The van der Waals surface area contributed by atoms with Gasteiger partial charge in [0.15, 0.2) is 0 Å². The molecule has 0 aliphatic carbocycles. The lowest BCUT2D eigenvalue weighted by molar-refractivity contribution is 0.196. The van der Waals surface area contributed by atoms with E-state index in [4.69, 9.17) is 5.11 Å². The summed E-state index contributed by atoms with van der Waals surface area (Å²) in [6.45, 7) is 12.3. The molecule has 1 aliphatic heterocycles. The predicted octanol–water partition coefficient (Wildman–Crippen LogP) is -0.0156. The maximum atomic E-state index is 8.91. The van der Waals surface area contributed by atoms with Gasteiger partial charge in [-0.25, -0.2) is 0 Å². The lowest BCUT2D eigenvalue weighted by atomic mass is 10.3. The van der Waals surface area contributed by atoms with Gasteiger partial charge in [0, 0.05) is 38.8 Å². The van der Waals surface area contributed by atoms with Gasteiger partial charge in [-0.3, -0.25) is 4.90 Å². The smallest absolute Gasteiger partial charge is 0.0558 e. The van der Waals surface area contributed by atoms with Gasteiger partial charge in [0.2, 0.25) is 0 Å². The maximum Gasteiger partial charge on any atom is 0.0558 e. The summed E-state index contributed by atoms with van der Waals surface area (Å²) in [5.41, 5.74) is 0. The van der Waals surface area contributed by atoms with Crippen LogP contribution in [0.5, 0.6) is 0 Å². The zero-order valence-electron chi connectivity index (χ0n) is 10.8. The molecule has 16 heavy (non-hydrogen) atoms. The van der Waals surface area contributed by atoms with Crippen LogP contribution in [0.25, 0.3) is 0 Å². The normalized spacial score (nSPS) is 20.2. The number of β-amino-alcohol motifs (C(OH)–C–C–N with tert-alkyl or cyclic N) is 1. The first-order chi connectivity index (χ1) is 7.72. The highest BCUT2D eigenvalue weighted by Crippen LogP contribution is 2.01. The average Bonchev–Trinajstić information content (AvgIpc) is 2.44. The van der Waals surface area contributed by atoms with Crippen molar-refractivity contribution < 1.29 is 5.11 Å². The Bertz CT molecular complexity index is 176. The Labute approximate surface area is 99.6 Å². The van der Waals surface area contributed by atoms with E-state index in [0.29, 0.717) is 6.04 Å². The van der Waals surface area contributed by atoms with Crippen molar-refractivity contribution in [3.63, 3.8) is 0 Å². The molecule has 0 radical (unpaired) electrons. The first kappa shape index (κ1) is 13.9. The highest BCUT2D eigenvalue weighted by Gasteiger charge is 2.13. The first-order valence-electron chi connectivity index (χ1n) is 6.51. The Hall–Kier alpha value is -0.160. The molecule has 4 nitrogen and oxygen atoms in total. The Kier molecular flexibility index (Phi) is 6.96. The minimum Gasteiger partial charge on any atom is -0.395 e. The molecular weight excluding hydrogens is 202 g/mol. The Morgan fingerprint density at radius 1 is 1.06 bits per heavy atom. The van der Waals surface area contributed by atoms with Gasteiger partial charge < -0.3 is 15.3 Å². The summed E-state index contributed by atoms with van der Waals surface area (Å²) in [6.07, 6.45) is 1.22. The topological polar surface area (TPSA) is 38.7 Å². The van der Waals surface area contributed by atoms with Crippen molar-refractivity contribution in [2.45, 2.75) is 26.3 Å². The van der Waals surface area contributed by atoms with Crippen LogP contribution in [-0.4, -0.2) is 73.4 Å². The summed E-state index contributed by atoms with van der Waals surface area (Å²) in [5.74, 6) is 0.